The van der Waals surface area contributed by atoms with Crippen molar-refractivity contribution >= 4 is 17.5 Å². The Labute approximate surface area is 143 Å². The number of aromatic nitrogens is 2. The third-order valence-corrected chi connectivity index (χ3v) is 3.97. The maximum Gasteiger partial charge on any atom is 0.255 e. The normalized spacial score (nSPS) is 12.0. The summed E-state index contributed by atoms with van der Waals surface area (Å²) in [5, 5.41) is 10.3. The van der Waals surface area contributed by atoms with Gasteiger partial charge in [0.05, 0.1) is 23.5 Å². The van der Waals surface area contributed by atoms with Crippen LogP contribution in [0.4, 0.5) is 4.39 Å². The van der Waals surface area contributed by atoms with E-state index in [2.05, 4.69) is 15.5 Å². The molecule has 24 heavy (non-hydrogen) atoms. The Hall–Kier alpha value is -2.66. The Kier molecular flexibility index (Phi) is 4.62. The lowest BCUT2D eigenvalue weighted by Crippen LogP contribution is -2.26. The molecule has 1 heterocycles. The number of amides is 1. The lowest BCUT2D eigenvalue weighted by molar-refractivity contribution is 0.0940. The molecule has 0 radical (unpaired) electrons. The summed E-state index contributed by atoms with van der Waals surface area (Å²) < 4.78 is 13.3. The summed E-state index contributed by atoms with van der Waals surface area (Å²) in [6.45, 7) is 1.80. The number of carbonyl (C=O) groups is 1. The summed E-state index contributed by atoms with van der Waals surface area (Å²) >= 11 is 5.89. The molecule has 0 saturated carbocycles. The zero-order valence-electron chi connectivity index (χ0n) is 12.9. The summed E-state index contributed by atoms with van der Waals surface area (Å²) in [7, 11) is 0. The number of benzene rings is 2. The predicted molar refractivity (Wildman–Crippen MR) is 91.3 cm³/mol. The van der Waals surface area contributed by atoms with Gasteiger partial charge in [0.2, 0.25) is 0 Å². The molecule has 1 unspecified atom stereocenters. The summed E-state index contributed by atoms with van der Waals surface area (Å²) in [4.78, 5) is 12.5. The quantitative estimate of drug-likeness (QED) is 0.739. The van der Waals surface area contributed by atoms with E-state index in [1.54, 1.807) is 31.2 Å². The van der Waals surface area contributed by atoms with Crippen LogP contribution in [0.5, 0.6) is 0 Å². The monoisotopic (exact) mass is 343 g/mol. The second-order valence-corrected chi connectivity index (χ2v) is 5.85. The first-order chi connectivity index (χ1) is 11.5. The number of hydrogen-bond acceptors (Lipinski definition) is 2. The van der Waals surface area contributed by atoms with Gasteiger partial charge in [0.25, 0.3) is 5.91 Å². The van der Waals surface area contributed by atoms with E-state index >= 15 is 0 Å². The average molecular weight is 344 g/mol. The second kappa shape index (κ2) is 6.84. The van der Waals surface area contributed by atoms with Crippen LogP contribution >= 0.6 is 11.6 Å². The van der Waals surface area contributed by atoms with Crippen molar-refractivity contribution in [2.24, 2.45) is 0 Å². The standard InChI is InChI=1S/C18H15ClFN3O/c1-11(13-3-2-4-15(20)9-13)22-18(24)16-10-21-23-17(16)12-5-7-14(19)8-6-12/h2-11H,1H3,(H,21,23)(H,22,24). The molecular weight excluding hydrogens is 329 g/mol. The Balaban J connectivity index is 1.81. The van der Waals surface area contributed by atoms with Gasteiger partial charge in [-0.15, -0.1) is 0 Å². The maximum absolute atomic E-state index is 13.3. The van der Waals surface area contributed by atoms with Gasteiger partial charge in [-0.25, -0.2) is 4.39 Å². The van der Waals surface area contributed by atoms with Crippen LogP contribution < -0.4 is 5.32 Å². The van der Waals surface area contributed by atoms with Gasteiger partial charge >= 0.3 is 0 Å². The number of aromatic amines is 1. The molecule has 4 nitrogen and oxygen atoms in total. The minimum atomic E-state index is -0.334. The predicted octanol–water partition coefficient (Wildman–Crippen LogP) is 4.36. The van der Waals surface area contributed by atoms with Gasteiger partial charge in [0.1, 0.15) is 5.82 Å². The van der Waals surface area contributed by atoms with Crippen LogP contribution in [0.2, 0.25) is 5.02 Å². The van der Waals surface area contributed by atoms with Crippen molar-refractivity contribution in [3.05, 3.63) is 76.7 Å². The minimum absolute atomic E-state index is 0.287. The van der Waals surface area contributed by atoms with Gasteiger partial charge in [-0.3, -0.25) is 9.89 Å². The summed E-state index contributed by atoms with van der Waals surface area (Å²) in [6, 6.07) is 12.9. The molecule has 2 aromatic carbocycles. The largest absolute Gasteiger partial charge is 0.345 e. The molecule has 3 rings (SSSR count). The first-order valence-electron chi connectivity index (χ1n) is 7.40. The van der Waals surface area contributed by atoms with E-state index in [0.29, 0.717) is 21.8 Å². The number of nitrogens with zero attached hydrogens (tertiary/aromatic N) is 1. The van der Waals surface area contributed by atoms with Crippen LogP contribution in [-0.4, -0.2) is 16.1 Å². The maximum atomic E-state index is 13.3. The van der Waals surface area contributed by atoms with Crippen LogP contribution in [0, 0.1) is 5.82 Å². The SMILES string of the molecule is CC(NC(=O)c1cn[nH]c1-c1ccc(Cl)cc1)c1cccc(F)c1. The van der Waals surface area contributed by atoms with Crippen molar-refractivity contribution in [2.45, 2.75) is 13.0 Å². The van der Waals surface area contributed by atoms with Crippen molar-refractivity contribution in [1.82, 2.24) is 15.5 Å². The van der Waals surface area contributed by atoms with E-state index in [1.165, 1.54) is 18.3 Å². The zero-order chi connectivity index (χ0) is 17.1. The molecule has 122 valence electrons. The fraction of sp³-hybridized carbons (Fsp3) is 0.111. The number of carbonyl (C=O) groups excluding carboxylic acids is 1. The topological polar surface area (TPSA) is 57.8 Å². The first-order valence-corrected chi connectivity index (χ1v) is 7.78. The third-order valence-electron chi connectivity index (χ3n) is 3.71. The van der Waals surface area contributed by atoms with Crippen LogP contribution in [0.25, 0.3) is 11.3 Å². The molecule has 1 aromatic heterocycles. The first kappa shape index (κ1) is 16.2. The fourth-order valence-electron chi connectivity index (χ4n) is 2.43. The molecule has 0 bridgehead atoms. The Morgan fingerprint density at radius 1 is 1.25 bits per heavy atom. The molecule has 0 aliphatic rings. The number of halogens is 2. The van der Waals surface area contributed by atoms with E-state index in [9.17, 15) is 9.18 Å². The molecule has 1 amide bonds. The van der Waals surface area contributed by atoms with Crippen LogP contribution in [0.1, 0.15) is 28.9 Å². The van der Waals surface area contributed by atoms with Gasteiger partial charge in [0, 0.05) is 10.6 Å². The van der Waals surface area contributed by atoms with Crippen molar-refractivity contribution in [3.8, 4) is 11.3 Å². The molecular formula is C18H15ClFN3O. The third kappa shape index (κ3) is 3.46. The van der Waals surface area contributed by atoms with Gasteiger partial charge in [-0.05, 0) is 36.8 Å². The smallest absolute Gasteiger partial charge is 0.255 e. The van der Waals surface area contributed by atoms with E-state index in [0.717, 1.165) is 5.56 Å². The molecule has 0 saturated heterocycles. The highest BCUT2D eigenvalue weighted by atomic mass is 35.5. The molecule has 0 aliphatic carbocycles. The second-order valence-electron chi connectivity index (χ2n) is 5.42. The molecule has 6 heteroatoms. The van der Waals surface area contributed by atoms with Crippen molar-refractivity contribution in [2.75, 3.05) is 0 Å². The molecule has 0 aliphatic heterocycles. The zero-order valence-corrected chi connectivity index (χ0v) is 13.6. The summed E-state index contributed by atoms with van der Waals surface area (Å²) in [5.41, 5.74) is 2.52. The number of hydrogen-bond donors (Lipinski definition) is 2. The highest BCUT2D eigenvalue weighted by Crippen LogP contribution is 2.23. The van der Waals surface area contributed by atoms with E-state index in [4.69, 9.17) is 11.6 Å². The number of H-pyrrole nitrogens is 1. The van der Waals surface area contributed by atoms with Crippen LogP contribution in [0.3, 0.4) is 0 Å². The van der Waals surface area contributed by atoms with Crippen LogP contribution in [-0.2, 0) is 0 Å². The minimum Gasteiger partial charge on any atom is -0.345 e. The Morgan fingerprint density at radius 3 is 2.71 bits per heavy atom. The van der Waals surface area contributed by atoms with Gasteiger partial charge in [-0.1, -0.05) is 35.9 Å². The lowest BCUT2D eigenvalue weighted by Gasteiger charge is -2.14. The van der Waals surface area contributed by atoms with Gasteiger partial charge in [-0.2, -0.15) is 5.10 Å². The molecule has 0 spiro atoms. The van der Waals surface area contributed by atoms with E-state index < -0.39 is 0 Å². The number of rotatable bonds is 4. The molecule has 0 fully saturated rings. The Bertz CT molecular complexity index is 861. The van der Waals surface area contributed by atoms with Crippen molar-refractivity contribution in [1.29, 1.82) is 0 Å². The fourth-order valence-corrected chi connectivity index (χ4v) is 2.55. The van der Waals surface area contributed by atoms with E-state index in [1.807, 2.05) is 12.1 Å². The molecule has 1 atom stereocenters. The highest BCUT2D eigenvalue weighted by molar-refractivity contribution is 6.30. The highest BCUT2D eigenvalue weighted by Gasteiger charge is 2.18. The summed E-state index contributed by atoms with van der Waals surface area (Å²) in [6.07, 6.45) is 1.47. The Morgan fingerprint density at radius 2 is 2.00 bits per heavy atom. The lowest BCUT2D eigenvalue weighted by atomic mass is 10.1. The van der Waals surface area contributed by atoms with Gasteiger partial charge in [0.15, 0.2) is 0 Å². The molecule has 2 N–H and O–H groups in total. The van der Waals surface area contributed by atoms with E-state index in [-0.39, 0.29) is 17.8 Å². The average Bonchev–Trinajstić information content (AvgIpc) is 3.05. The van der Waals surface area contributed by atoms with Crippen molar-refractivity contribution < 1.29 is 9.18 Å². The van der Waals surface area contributed by atoms with Crippen LogP contribution in [0.15, 0.2) is 54.7 Å². The molecule has 3 aromatic rings. The van der Waals surface area contributed by atoms with Gasteiger partial charge < -0.3 is 5.32 Å². The summed E-state index contributed by atoms with van der Waals surface area (Å²) in [5.74, 6) is -0.621. The van der Waals surface area contributed by atoms with Crippen molar-refractivity contribution in [3.63, 3.8) is 0 Å². The number of nitrogens with one attached hydrogen (secondary N) is 2.